The first-order valence-corrected chi connectivity index (χ1v) is 7.22. The second-order valence-electron chi connectivity index (χ2n) is 3.61. The van der Waals surface area contributed by atoms with Gasteiger partial charge in [-0.3, -0.25) is 9.59 Å². The molecule has 6 heteroatoms. The van der Waals surface area contributed by atoms with E-state index in [0.29, 0.717) is 18.1 Å². The number of rotatable bonds is 7. The first kappa shape index (κ1) is 14.1. The Hall–Kier alpha value is -1.01. The summed E-state index contributed by atoms with van der Waals surface area (Å²) in [5.74, 6) is -0.521. The lowest BCUT2D eigenvalue weighted by Gasteiger charge is -2.06. The number of thioether (sulfide) groups is 1. The molecule has 0 aromatic carbocycles. The minimum atomic E-state index is -0.823. The summed E-state index contributed by atoms with van der Waals surface area (Å²) in [5, 5.41) is 13.4. The Kier molecular flexibility index (Phi) is 6.07. The van der Waals surface area contributed by atoms with Gasteiger partial charge in [-0.15, -0.1) is 11.3 Å². The number of thiophene rings is 1. The predicted octanol–water partition coefficient (Wildman–Crippen LogP) is 1.82. The van der Waals surface area contributed by atoms with Crippen LogP contribution in [0.3, 0.4) is 0 Å². The lowest BCUT2D eigenvalue weighted by Crippen LogP contribution is -2.25. The van der Waals surface area contributed by atoms with Crippen LogP contribution in [-0.4, -0.2) is 28.5 Å². The number of carbonyl (C=O) groups excluding carboxylic acids is 1. The molecule has 0 aliphatic carbocycles. The summed E-state index contributed by atoms with van der Waals surface area (Å²) in [6.45, 7) is 2.18. The number of carboxylic acids is 1. The fourth-order valence-electron chi connectivity index (χ4n) is 1.05. The zero-order valence-corrected chi connectivity index (χ0v) is 11.1. The molecule has 1 aromatic heterocycles. The van der Waals surface area contributed by atoms with Crippen molar-refractivity contribution in [2.24, 2.45) is 5.92 Å². The van der Waals surface area contributed by atoms with E-state index in [2.05, 4.69) is 5.32 Å². The van der Waals surface area contributed by atoms with Crippen molar-refractivity contribution in [3.63, 3.8) is 0 Å². The lowest BCUT2D eigenvalue weighted by molar-refractivity contribution is -0.140. The number of carboxylic acid groups (broad SMARTS) is 1. The van der Waals surface area contributed by atoms with Gasteiger partial charge < -0.3 is 10.4 Å². The van der Waals surface area contributed by atoms with E-state index in [1.165, 1.54) is 11.8 Å². The fraction of sp³-hybridized carbons (Fsp3) is 0.455. The Bertz CT molecular complexity index is 365. The Balaban J connectivity index is 2.11. The molecule has 94 valence electrons. The molecule has 1 rings (SSSR count). The number of hydrogen-bond donors (Lipinski definition) is 2. The highest BCUT2D eigenvalue weighted by molar-refractivity contribution is 7.99. The smallest absolute Gasteiger partial charge is 0.307 e. The summed E-state index contributed by atoms with van der Waals surface area (Å²) in [5.41, 5.74) is 0. The topological polar surface area (TPSA) is 66.4 Å². The van der Waals surface area contributed by atoms with Crippen molar-refractivity contribution < 1.29 is 14.7 Å². The first-order chi connectivity index (χ1) is 8.09. The van der Waals surface area contributed by atoms with Crippen LogP contribution in [0.4, 0.5) is 0 Å². The van der Waals surface area contributed by atoms with E-state index in [4.69, 9.17) is 5.11 Å². The van der Waals surface area contributed by atoms with Gasteiger partial charge in [-0.2, -0.15) is 11.8 Å². The van der Waals surface area contributed by atoms with Crippen molar-refractivity contribution in [3.8, 4) is 0 Å². The Labute approximate surface area is 108 Å². The summed E-state index contributed by atoms with van der Waals surface area (Å²) < 4.78 is 0. The number of carbonyl (C=O) groups is 2. The quantitative estimate of drug-likeness (QED) is 0.795. The van der Waals surface area contributed by atoms with Crippen molar-refractivity contribution in [1.29, 1.82) is 0 Å². The zero-order chi connectivity index (χ0) is 12.7. The van der Waals surface area contributed by atoms with Crippen LogP contribution in [0.2, 0.25) is 0 Å². The monoisotopic (exact) mass is 273 g/mol. The Morgan fingerprint density at radius 1 is 1.59 bits per heavy atom. The van der Waals surface area contributed by atoms with E-state index in [9.17, 15) is 9.59 Å². The minimum Gasteiger partial charge on any atom is -0.481 e. The molecule has 4 nitrogen and oxygen atoms in total. The SMILES string of the molecule is CC(CSCC(=O)NCc1cccs1)C(=O)O. The highest BCUT2D eigenvalue weighted by atomic mass is 32.2. The van der Waals surface area contributed by atoms with E-state index in [0.717, 1.165) is 4.88 Å². The van der Waals surface area contributed by atoms with Crippen molar-refractivity contribution >= 4 is 35.0 Å². The van der Waals surface area contributed by atoms with Crippen LogP contribution < -0.4 is 5.32 Å². The lowest BCUT2D eigenvalue weighted by atomic mass is 10.2. The van der Waals surface area contributed by atoms with Gasteiger partial charge in [-0.05, 0) is 11.4 Å². The third kappa shape index (κ3) is 5.74. The third-order valence-electron chi connectivity index (χ3n) is 2.06. The molecule has 0 aliphatic heterocycles. The summed E-state index contributed by atoms with van der Waals surface area (Å²) in [4.78, 5) is 23.1. The molecule has 1 atom stereocenters. The molecule has 1 heterocycles. The molecule has 1 amide bonds. The second-order valence-corrected chi connectivity index (χ2v) is 5.67. The van der Waals surface area contributed by atoms with E-state index in [1.54, 1.807) is 18.3 Å². The van der Waals surface area contributed by atoms with E-state index < -0.39 is 11.9 Å². The molecule has 0 bridgehead atoms. The van der Waals surface area contributed by atoms with Gasteiger partial charge in [0.25, 0.3) is 0 Å². The molecule has 0 spiro atoms. The standard InChI is InChI=1S/C11H15NO3S2/c1-8(11(14)15)6-16-7-10(13)12-5-9-3-2-4-17-9/h2-4,8H,5-7H2,1H3,(H,12,13)(H,14,15). The normalized spacial score (nSPS) is 12.1. The first-order valence-electron chi connectivity index (χ1n) is 5.19. The number of aliphatic carboxylic acids is 1. The average molecular weight is 273 g/mol. The van der Waals surface area contributed by atoms with Gasteiger partial charge in [0, 0.05) is 10.6 Å². The van der Waals surface area contributed by atoms with Crippen LogP contribution in [-0.2, 0) is 16.1 Å². The molecule has 0 saturated carbocycles. The molecule has 0 aliphatic rings. The molecule has 17 heavy (non-hydrogen) atoms. The summed E-state index contributed by atoms with van der Waals surface area (Å²) in [7, 11) is 0. The van der Waals surface area contributed by atoms with Crippen molar-refractivity contribution in [1.82, 2.24) is 5.32 Å². The van der Waals surface area contributed by atoms with Gasteiger partial charge in [0.15, 0.2) is 0 Å². The molecular formula is C11H15NO3S2. The molecule has 2 N–H and O–H groups in total. The molecule has 1 unspecified atom stereocenters. The Morgan fingerprint density at radius 2 is 2.35 bits per heavy atom. The summed E-state index contributed by atoms with van der Waals surface area (Å²) in [6, 6.07) is 3.90. The summed E-state index contributed by atoms with van der Waals surface area (Å²) >= 11 is 2.94. The molecular weight excluding hydrogens is 258 g/mol. The second kappa shape index (κ2) is 7.34. The van der Waals surface area contributed by atoms with Crippen molar-refractivity contribution in [2.75, 3.05) is 11.5 Å². The van der Waals surface area contributed by atoms with E-state index in [-0.39, 0.29) is 5.91 Å². The van der Waals surface area contributed by atoms with E-state index >= 15 is 0 Å². The third-order valence-corrected chi connectivity index (χ3v) is 4.14. The highest BCUT2D eigenvalue weighted by Crippen LogP contribution is 2.09. The van der Waals surface area contributed by atoms with E-state index in [1.807, 2.05) is 17.5 Å². The van der Waals surface area contributed by atoms with Gasteiger partial charge >= 0.3 is 5.97 Å². The zero-order valence-electron chi connectivity index (χ0n) is 9.51. The maximum atomic E-state index is 11.4. The number of amides is 1. The minimum absolute atomic E-state index is 0.0546. The van der Waals surface area contributed by atoms with Crippen LogP contribution in [0.15, 0.2) is 17.5 Å². The average Bonchev–Trinajstić information content (AvgIpc) is 2.78. The Morgan fingerprint density at radius 3 is 2.94 bits per heavy atom. The molecule has 0 radical (unpaired) electrons. The highest BCUT2D eigenvalue weighted by Gasteiger charge is 2.11. The van der Waals surface area contributed by atoms with Gasteiger partial charge in [-0.1, -0.05) is 13.0 Å². The van der Waals surface area contributed by atoms with Crippen LogP contribution in [0.1, 0.15) is 11.8 Å². The maximum absolute atomic E-state index is 11.4. The van der Waals surface area contributed by atoms with Gasteiger partial charge in [-0.25, -0.2) is 0 Å². The molecule has 0 saturated heterocycles. The van der Waals surface area contributed by atoms with Crippen LogP contribution in [0.25, 0.3) is 0 Å². The number of nitrogens with one attached hydrogen (secondary N) is 1. The van der Waals surface area contributed by atoms with Crippen LogP contribution in [0.5, 0.6) is 0 Å². The fourth-order valence-corrected chi connectivity index (χ4v) is 2.60. The largest absolute Gasteiger partial charge is 0.481 e. The van der Waals surface area contributed by atoms with Crippen LogP contribution >= 0.6 is 23.1 Å². The number of hydrogen-bond acceptors (Lipinski definition) is 4. The summed E-state index contributed by atoms with van der Waals surface area (Å²) in [6.07, 6.45) is 0. The maximum Gasteiger partial charge on any atom is 0.307 e. The van der Waals surface area contributed by atoms with Gasteiger partial charge in [0.1, 0.15) is 0 Å². The van der Waals surface area contributed by atoms with Crippen LogP contribution in [0, 0.1) is 5.92 Å². The van der Waals surface area contributed by atoms with Crippen molar-refractivity contribution in [2.45, 2.75) is 13.5 Å². The van der Waals surface area contributed by atoms with Crippen molar-refractivity contribution in [3.05, 3.63) is 22.4 Å². The molecule has 1 aromatic rings. The van der Waals surface area contributed by atoms with Gasteiger partial charge in [0.05, 0.1) is 18.2 Å². The van der Waals surface area contributed by atoms with Gasteiger partial charge in [0.2, 0.25) is 5.91 Å². The molecule has 0 fully saturated rings. The predicted molar refractivity (Wildman–Crippen MR) is 70.3 cm³/mol.